The van der Waals surface area contributed by atoms with Gasteiger partial charge in [-0.25, -0.2) is 0 Å². The van der Waals surface area contributed by atoms with Gasteiger partial charge in [-0.05, 0) is 20.3 Å². The van der Waals surface area contributed by atoms with Crippen LogP contribution in [0.25, 0.3) is 0 Å². The minimum Gasteiger partial charge on any atom is -0.348 e. The van der Waals surface area contributed by atoms with Gasteiger partial charge in [-0.2, -0.15) is 0 Å². The van der Waals surface area contributed by atoms with Gasteiger partial charge in [-0.1, -0.05) is 45.4 Å². The average molecular weight is 256 g/mol. The van der Waals surface area contributed by atoms with Gasteiger partial charge in [0.25, 0.3) is 0 Å². The van der Waals surface area contributed by atoms with Crippen molar-refractivity contribution in [3.63, 3.8) is 0 Å². The maximum Gasteiger partial charge on any atom is 0.309 e. The Labute approximate surface area is 111 Å². The molecule has 106 valence electrons. The van der Waals surface area contributed by atoms with Crippen LogP contribution < -0.4 is 10.6 Å². The van der Waals surface area contributed by atoms with Crippen LogP contribution in [0.3, 0.4) is 0 Å². The van der Waals surface area contributed by atoms with Gasteiger partial charge in [0, 0.05) is 12.6 Å². The van der Waals surface area contributed by atoms with Gasteiger partial charge in [0.15, 0.2) is 0 Å². The van der Waals surface area contributed by atoms with Crippen LogP contribution in [0.15, 0.2) is 0 Å². The molecule has 0 rings (SSSR count). The van der Waals surface area contributed by atoms with E-state index in [1.807, 2.05) is 13.8 Å². The highest BCUT2D eigenvalue weighted by molar-refractivity contribution is 6.35. The number of amides is 2. The summed E-state index contributed by atoms with van der Waals surface area (Å²) in [5.74, 6) is -1.05. The highest BCUT2D eigenvalue weighted by Crippen LogP contribution is 2.06. The molecule has 0 aliphatic heterocycles. The molecule has 2 N–H and O–H groups in total. The Kier molecular flexibility index (Phi) is 10.4. The number of carbonyl (C=O) groups is 2. The average Bonchev–Trinajstić information content (AvgIpc) is 2.31. The van der Waals surface area contributed by atoms with Crippen molar-refractivity contribution >= 4 is 11.8 Å². The minimum atomic E-state index is -0.534. The monoisotopic (exact) mass is 256 g/mol. The first-order valence-corrected chi connectivity index (χ1v) is 7.16. The van der Waals surface area contributed by atoms with Crippen LogP contribution in [0.4, 0.5) is 0 Å². The number of unbranched alkanes of at least 4 members (excludes halogenated alkanes) is 6. The Morgan fingerprint density at radius 2 is 1.44 bits per heavy atom. The van der Waals surface area contributed by atoms with E-state index < -0.39 is 11.8 Å². The van der Waals surface area contributed by atoms with Gasteiger partial charge in [0.2, 0.25) is 0 Å². The van der Waals surface area contributed by atoms with Crippen molar-refractivity contribution in [3.8, 4) is 0 Å². The predicted octanol–water partition coefficient (Wildman–Crippen LogP) is 2.38. The number of nitrogens with one attached hydrogen (secondary N) is 2. The fourth-order valence-electron chi connectivity index (χ4n) is 1.69. The topological polar surface area (TPSA) is 58.2 Å². The lowest BCUT2D eigenvalue weighted by Crippen LogP contribution is -2.42. The molecule has 0 atom stereocenters. The first-order chi connectivity index (χ1) is 8.57. The second-order valence-electron chi connectivity index (χ2n) is 5.01. The van der Waals surface area contributed by atoms with E-state index in [2.05, 4.69) is 17.6 Å². The number of hydrogen-bond acceptors (Lipinski definition) is 2. The number of hydrogen-bond donors (Lipinski definition) is 2. The lowest BCUT2D eigenvalue weighted by Gasteiger charge is -2.08. The second kappa shape index (κ2) is 11.1. The third-order valence-electron chi connectivity index (χ3n) is 2.69. The zero-order valence-corrected chi connectivity index (χ0v) is 12.1. The Balaban J connectivity index is 3.38. The van der Waals surface area contributed by atoms with Gasteiger partial charge in [-0.3, -0.25) is 9.59 Å². The lowest BCUT2D eigenvalue weighted by molar-refractivity contribution is -0.139. The summed E-state index contributed by atoms with van der Waals surface area (Å²) in [7, 11) is 0. The van der Waals surface area contributed by atoms with E-state index in [1.54, 1.807) is 0 Å². The molecule has 0 fully saturated rings. The fraction of sp³-hybridized carbons (Fsp3) is 0.857. The molecule has 4 heteroatoms. The molecule has 0 aliphatic rings. The summed E-state index contributed by atoms with van der Waals surface area (Å²) >= 11 is 0. The highest BCUT2D eigenvalue weighted by Gasteiger charge is 2.12. The maximum atomic E-state index is 11.3. The van der Waals surface area contributed by atoms with Crippen molar-refractivity contribution in [2.45, 2.75) is 71.8 Å². The molecule has 18 heavy (non-hydrogen) atoms. The Hall–Kier alpha value is -1.06. The predicted molar refractivity (Wildman–Crippen MR) is 74.3 cm³/mol. The zero-order chi connectivity index (χ0) is 13.8. The van der Waals surface area contributed by atoms with Crippen LogP contribution in [-0.2, 0) is 9.59 Å². The smallest absolute Gasteiger partial charge is 0.309 e. The molecular formula is C14H28N2O2. The molecule has 2 amide bonds. The van der Waals surface area contributed by atoms with Crippen LogP contribution in [0.2, 0.25) is 0 Å². The van der Waals surface area contributed by atoms with Crippen molar-refractivity contribution in [3.05, 3.63) is 0 Å². The quantitative estimate of drug-likeness (QED) is 0.491. The number of carbonyl (C=O) groups excluding carboxylic acids is 2. The van der Waals surface area contributed by atoms with Crippen molar-refractivity contribution in [2.75, 3.05) is 6.54 Å². The van der Waals surface area contributed by atoms with E-state index in [1.165, 1.54) is 32.1 Å². The molecular weight excluding hydrogens is 228 g/mol. The van der Waals surface area contributed by atoms with Gasteiger partial charge < -0.3 is 10.6 Å². The number of rotatable bonds is 9. The van der Waals surface area contributed by atoms with Gasteiger partial charge in [0.05, 0.1) is 0 Å². The van der Waals surface area contributed by atoms with E-state index in [9.17, 15) is 9.59 Å². The van der Waals surface area contributed by atoms with E-state index in [-0.39, 0.29) is 6.04 Å². The molecule has 0 saturated carbocycles. The standard InChI is InChI=1S/C14H28N2O2/c1-4-5-6-7-8-9-10-11-15-13(17)14(18)16-12(2)3/h12H,4-11H2,1-3H3,(H,15,17)(H,16,18). The molecule has 0 aromatic rings. The Morgan fingerprint density at radius 1 is 0.889 bits per heavy atom. The first-order valence-electron chi connectivity index (χ1n) is 7.16. The van der Waals surface area contributed by atoms with Crippen molar-refractivity contribution in [2.24, 2.45) is 0 Å². The largest absolute Gasteiger partial charge is 0.348 e. The molecule has 0 aromatic carbocycles. The lowest BCUT2D eigenvalue weighted by atomic mass is 10.1. The summed E-state index contributed by atoms with van der Waals surface area (Å²) in [5, 5.41) is 5.21. The van der Waals surface area contributed by atoms with Crippen LogP contribution in [0.1, 0.15) is 65.7 Å². The molecule has 0 unspecified atom stereocenters. The third-order valence-corrected chi connectivity index (χ3v) is 2.69. The maximum absolute atomic E-state index is 11.3. The van der Waals surface area contributed by atoms with Crippen LogP contribution in [0.5, 0.6) is 0 Å². The van der Waals surface area contributed by atoms with E-state index >= 15 is 0 Å². The van der Waals surface area contributed by atoms with Crippen molar-refractivity contribution in [1.29, 1.82) is 0 Å². The second-order valence-corrected chi connectivity index (χ2v) is 5.01. The first kappa shape index (κ1) is 16.9. The summed E-state index contributed by atoms with van der Waals surface area (Å²) in [5.41, 5.74) is 0. The van der Waals surface area contributed by atoms with E-state index in [0.29, 0.717) is 6.54 Å². The van der Waals surface area contributed by atoms with Crippen LogP contribution in [-0.4, -0.2) is 24.4 Å². The summed E-state index contributed by atoms with van der Waals surface area (Å²) in [6, 6.07) is 0.00168. The SMILES string of the molecule is CCCCCCCCCNC(=O)C(=O)NC(C)C. The normalized spacial score (nSPS) is 10.4. The highest BCUT2D eigenvalue weighted by atomic mass is 16.2. The molecule has 0 radical (unpaired) electrons. The summed E-state index contributed by atoms with van der Waals surface area (Å²) < 4.78 is 0. The van der Waals surface area contributed by atoms with E-state index in [4.69, 9.17) is 0 Å². The Morgan fingerprint density at radius 3 is 2.00 bits per heavy atom. The van der Waals surface area contributed by atoms with Gasteiger partial charge in [-0.15, -0.1) is 0 Å². The molecule has 0 saturated heterocycles. The summed E-state index contributed by atoms with van der Waals surface area (Å²) in [6.07, 6.45) is 8.44. The van der Waals surface area contributed by atoms with Gasteiger partial charge in [0.1, 0.15) is 0 Å². The minimum absolute atomic E-state index is 0.00168. The molecule has 0 heterocycles. The molecule has 0 aromatic heterocycles. The zero-order valence-electron chi connectivity index (χ0n) is 12.1. The van der Waals surface area contributed by atoms with E-state index in [0.717, 1.165) is 12.8 Å². The van der Waals surface area contributed by atoms with Crippen LogP contribution in [0, 0.1) is 0 Å². The molecule has 0 bridgehead atoms. The third kappa shape index (κ3) is 10.1. The van der Waals surface area contributed by atoms with Gasteiger partial charge >= 0.3 is 11.8 Å². The summed E-state index contributed by atoms with van der Waals surface area (Å²) in [4.78, 5) is 22.6. The molecule has 4 nitrogen and oxygen atoms in total. The summed E-state index contributed by atoms with van der Waals surface area (Å²) in [6.45, 7) is 6.47. The van der Waals surface area contributed by atoms with Crippen LogP contribution >= 0.6 is 0 Å². The fourth-order valence-corrected chi connectivity index (χ4v) is 1.69. The molecule has 0 spiro atoms. The van der Waals surface area contributed by atoms with Crippen molar-refractivity contribution < 1.29 is 9.59 Å². The Bertz CT molecular complexity index is 240. The molecule has 0 aliphatic carbocycles. The van der Waals surface area contributed by atoms with Crippen molar-refractivity contribution in [1.82, 2.24) is 10.6 Å².